The first-order valence-electron chi connectivity index (χ1n) is 8.51. The lowest BCUT2D eigenvalue weighted by molar-refractivity contribution is -0.130. The van der Waals surface area contributed by atoms with Gasteiger partial charge >= 0.3 is 0 Å². The fourth-order valence-electron chi connectivity index (χ4n) is 3.11. The second-order valence-electron chi connectivity index (χ2n) is 6.62. The number of hydrogen-bond acceptors (Lipinski definition) is 4. The van der Waals surface area contributed by atoms with Gasteiger partial charge in [-0.05, 0) is 25.0 Å². The highest BCUT2D eigenvalue weighted by Gasteiger charge is 2.35. The van der Waals surface area contributed by atoms with E-state index in [-0.39, 0.29) is 23.8 Å². The van der Waals surface area contributed by atoms with Gasteiger partial charge in [-0.25, -0.2) is 9.67 Å². The minimum Gasteiger partial charge on any atom is -0.352 e. The number of carbonyl (C=O) groups excluding carboxylic acids is 2. The molecule has 0 bridgehead atoms. The summed E-state index contributed by atoms with van der Waals surface area (Å²) in [6.45, 7) is 5.49. The van der Waals surface area contributed by atoms with Crippen molar-refractivity contribution in [1.29, 1.82) is 0 Å². The molecule has 7 heteroatoms. The molecule has 1 aliphatic heterocycles. The molecule has 0 radical (unpaired) electrons. The maximum absolute atomic E-state index is 12.4. The van der Waals surface area contributed by atoms with E-state index >= 15 is 0 Å². The van der Waals surface area contributed by atoms with Crippen LogP contribution in [0.5, 0.6) is 0 Å². The van der Waals surface area contributed by atoms with Crippen LogP contribution >= 0.6 is 0 Å². The van der Waals surface area contributed by atoms with Crippen molar-refractivity contribution < 1.29 is 9.59 Å². The van der Waals surface area contributed by atoms with Crippen LogP contribution in [0.2, 0.25) is 0 Å². The number of hydrogen-bond donors (Lipinski definition) is 1. The number of likely N-dealkylation sites (tertiary alicyclic amines) is 1. The summed E-state index contributed by atoms with van der Waals surface area (Å²) in [4.78, 5) is 30.1. The van der Waals surface area contributed by atoms with E-state index in [1.807, 2.05) is 38.1 Å². The molecule has 0 unspecified atom stereocenters. The highest BCUT2D eigenvalue weighted by Crippen LogP contribution is 2.20. The molecule has 0 spiro atoms. The third-order valence-electron chi connectivity index (χ3n) is 4.52. The SMILES string of the molecule is CC(C)N1C[C@@H](C(=O)NCc2ccccc2Cn2cncn2)CC1=O. The summed E-state index contributed by atoms with van der Waals surface area (Å²) in [6.07, 6.45) is 3.46. The molecule has 1 saturated heterocycles. The van der Waals surface area contributed by atoms with Crippen LogP contribution in [0.3, 0.4) is 0 Å². The molecule has 2 heterocycles. The maximum Gasteiger partial charge on any atom is 0.225 e. The van der Waals surface area contributed by atoms with Gasteiger partial charge in [0.15, 0.2) is 0 Å². The van der Waals surface area contributed by atoms with Gasteiger partial charge in [-0.15, -0.1) is 0 Å². The van der Waals surface area contributed by atoms with Crippen molar-refractivity contribution in [1.82, 2.24) is 25.0 Å². The Morgan fingerprint density at radius 2 is 2.08 bits per heavy atom. The standard InChI is InChI=1S/C18H23N5O2/c1-13(2)23-10-16(7-17(23)24)18(25)20-8-14-5-3-4-6-15(14)9-22-12-19-11-21-22/h3-6,11-13,16H,7-10H2,1-2H3,(H,20,25)/t16-/m0/s1. The topological polar surface area (TPSA) is 80.1 Å². The fraction of sp³-hybridized carbons (Fsp3) is 0.444. The third-order valence-corrected chi connectivity index (χ3v) is 4.52. The van der Waals surface area contributed by atoms with Crippen LogP contribution in [-0.2, 0) is 22.7 Å². The van der Waals surface area contributed by atoms with Crippen LogP contribution in [0.25, 0.3) is 0 Å². The molecule has 1 fully saturated rings. The largest absolute Gasteiger partial charge is 0.352 e. The first-order chi connectivity index (χ1) is 12.0. The van der Waals surface area contributed by atoms with Crippen molar-refractivity contribution in [2.75, 3.05) is 6.54 Å². The van der Waals surface area contributed by atoms with Crippen molar-refractivity contribution in [2.45, 2.75) is 39.4 Å². The highest BCUT2D eigenvalue weighted by atomic mass is 16.2. The van der Waals surface area contributed by atoms with E-state index in [0.29, 0.717) is 26.1 Å². The number of aromatic nitrogens is 3. The number of amides is 2. The number of rotatable bonds is 6. The summed E-state index contributed by atoms with van der Waals surface area (Å²) in [6, 6.07) is 8.06. The Morgan fingerprint density at radius 1 is 1.32 bits per heavy atom. The molecule has 1 aromatic carbocycles. The van der Waals surface area contributed by atoms with E-state index in [9.17, 15) is 9.59 Å². The van der Waals surface area contributed by atoms with E-state index in [1.165, 1.54) is 6.33 Å². The molecule has 0 saturated carbocycles. The summed E-state index contributed by atoms with van der Waals surface area (Å²) >= 11 is 0. The Bertz CT molecular complexity index is 742. The minimum atomic E-state index is -0.266. The van der Waals surface area contributed by atoms with Gasteiger partial charge in [-0.2, -0.15) is 5.10 Å². The normalized spacial score (nSPS) is 17.3. The Morgan fingerprint density at radius 3 is 2.72 bits per heavy atom. The molecular formula is C18H23N5O2. The zero-order chi connectivity index (χ0) is 17.8. The average Bonchev–Trinajstić information content (AvgIpc) is 3.23. The molecule has 2 amide bonds. The Balaban J connectivity index is 1.60. The second kappa shape index (κ2) is 7.46. The molecule has 7 nitrogen and oxygen atoms in total. The molecule has 132 valence electrons. The van der Waals surface area contributed by atoms with Crippen molar-refractivity contribution >= 4 is 11.8 Å². The lowest BCUT2D eigenvalue weighted by Gasteiger charge is -2.20. The number of nitrogens with one attached hydrogen (secondary N) is 1. The minimum absolute atomic E-state index is 0.0572. The molecular weight excluding hydrogens is 318 g/mol. The average molecular weight is 341 g/mol. The molecule has 1 atom stereocenters. The Labute approximate surface area is 147 Å². The number of benzene rings is 1. The van der Waals surface area contributed by atoms with Crippen LogP contribution in [0.1, 0.15) is 31.4 Å². The summed E-state index contributed by atoms with van der Waals surface area (Å²) in [5.41, 5.74) is 2.12. The summed E-state index contributed by atoms with van der Waals surface area (Å²) in [7, 11) is 0. The highest BCUT2D eigenvalue weighted by molar-refractivity contribution is 5.89. The molecule has 1 N–H and O–H groups in total. The van der Waals surface area contributed by atoms with Crippen LogP contribution in [-0.4, -0.2) is 44.1 Å². The van der Waals surface area contributed by atoms with Gasteiger partial charge in [0, 0.05) is 25.6 Å². The Kier molecular flexibility index (Phi) is 5.11. The predicted octanol–water partition coefficient (Wildman–Crippen LogP) is 1.20. The van der Waals surface area contributed by atoms with E-state index in [2.05, 4.69) is 15.4 Å². The fourth-order valence-corrected chi connectivity index (χ4v) is 3.11. The van der Waals surface area contributed by atoms with E-state index in [0.717, 1.165) is 11.1 Å². The van der Waals surface area contributed by atoms with Gasteiger partial charge in [0.25, 0.3) is 0 Å². The zero-order valence-corrected chi connectivity index (χ0v) is 14.6. The molecule has 25 heavy (non-hydrogen) atoms. The van der Waals surface area contributed by atoms with Crippen LogP contribution in [0.15, 0.2) is 36.9 Å². The first kappa shape index (κ1) is 17.1. The van der Waals surface area contributed by atoms with Gasteiger partial charge in [-0.3, -0.25) is 9.59 Å². The van der Waals surface area contributed by atoms with Crippen LogP contribution < -0.4 is 5.32 Å². The quantitative estimate of drug-likeness (QED) is 0.856. The number of nitrogens with zero attached hydrogens (tertiary/aromatic N) is 4. The van der Waals surface area contributed by atoms with Gasteiger partial charge < -0.3 is 10.2 Å². The monoisotopic (exact) mass is 341 g/mol. The molecule has 2 aromatic rings. The molecule has 3 rings (SSSR count). The second-order valence-corrected chi connectivity index (χ2v) is 6.62. The molecule has 1 aliphatic rings. The first-order valence-corrected chi connectivity index (χ1v) is 8.51. The lowest BCUT2D eigenvalue weighted by Crippen LogP contribution is -2.35. The summed E-state index contributed by atoms with van der Waals surface area (Å²) in [5.74, 6) is -0.272. The van der Waals surface area contributed by atoms with Crippen molar-refractivity contribution in [2.24, 2.45) is 5.92 Å². The van der Waals surface area contributed by atoms with Crippen LogP contribution in [0.4, 0.5) is 0 Å². The van der Waals surface area contributed by atoms with Crippen molar-refractivity contribution in [3.63, 3.8) is 0 Å². The lowest BCUT2D eigenvalue weighted by atomic mass is 10.1. The Hall–Kier alpha value is -2.70. The van der Waals surface area contributed by atoms with Gasteiger partial charge in [0.1, 0.15) is 12.7 Å². The van der Waals surface area contributed by atoms with E-state index in [1.54, 1.807) is 15.9 Å². The maximum atomic E-state index is 12.4. The predicted molar refractivity (Wildman–Crippen MR) is 92.4 cm³/mol. The van der Waals surface area contributed by atoms with Gasteiger partial charge in [-0.1, -0.05) is 24.3 Å². The van der Waals surface area contributed by atoms with Crippen molar-refractivity contribution in [3.8, 4) is 0 Å². The molecule has 0 aliphatic carbocycles. The van der Waals surface area contributed by atoms with Crippen molar-refractivity contribution in [3.05, 3.63) is 48.0 Å². The third kappa shape index (κ3) is 4.04. The number of carbonyl (C=O) groups is 2. The molecule has 1 aromatic heterocycles. The van der Waals surface area contributed by atoms with E-state index in [4.69, 9.17) is 0 Å². The smallest absolute Gasteiger partial charge is 0.225 e. The summed E-state index contributed by atoms with van der Waals surface area (Å²) < 4.78 is 1.75. The van der Waals surface area contributed by atoms with Gasteiger partial charge in [0.05, 0.1) is 12.5 Å². The van der Waals surface area contributed by atoms with E-state index < -0.39 is 0 Å². The van der Waals surface area contributed by atoms with Crippen LogP contribution in [0, 0.1) is 5.92 Å². The van der Waals surface area contributed by atoms with Gasteiger partial charge in [0.2, 0.25) is 11.8 Å². The zero-order valence-electron chi connectivity index (χ0n) is 14.6. The summed E-state index contributed by atoms with van der Waals surface area (Å²) in [5, 5.41) is 7.10.